The van der Waals surface area contributed by atoms with Crippen LogP contribution in [0.4, 0.5) is 0 Å². The van der Waals surface area contributed by atoms with Crippen molar-refractivity contribution in [2.75, 3.05) is 0 Å². The Bertz CT molecular complexity index is 712. The molecule has 0 bridgehead atoms. The molecule has 1 N–H and O–H groups in total. The van der Waals surface area contributed by atoms with Gasteiger partial charge in [-0.25, -0.2) is 0 Å². The van der Waals surface area contributed by atoms with Crippen LogP contribution >= 0.6 is 0 Å². The standard InChI is InChI=1S/C35H61NO/c1-6-7-8-9-10-11-12-13-14-15-16-17-18-19-20-21-22-23-24-25-34(37)28-35-31(4)26-33(27-32(35)5)29-36-30(2)3/h26-27,36H,2,6-25,28-29H2,1,3-5H3. The number of nitrogens with one attached hydrogen (secondary N) is 1. The maximum Gasteiger partial charge on any atom is 0.137 e. The number of unbranched alkanes of at least 4 members (excludes halogenated alkanes) is 18. The summed E-state index contributed by atoms with van der Waals surface area (Å²) in [7, 11) is 0. The van der Waals surface area contributed by atoms with Crippen LogP contribution in [0.2, 0.25) is 0 Å². The van der Waals surface area contributed by atoms with Crippen molar-refractivity contribution in [1.29, 1.82) is 0 Å². The van der Waals surface area contributed by atoms with Crippen molar-refractivity contribution in [1.82, 2.24) is 5.32 Å². The number of allylic oxidation sites excluding steroid dienone is 1. The largest absolute Gasteiger partial charge is 0.385 e. The van der Waals surface area contributed by atoms with E-state index in [4.69, 9.17) is 0 Å². The number of ketones is 1. The van der Waals surface area contributed by atoms with Gasteiger partial charge in [0, 0.05) is 25.1 Å². The van der Waals surface area contributed by atoms with Crippen LogP contribution in [0.25, 0.3) is 0 Å². The van der Waals surface area contributed by atoms with Crippen LogP contribution in [-0.2, 0) is 17.8 Å². The van der Waals surface area contributed by atoms with Crippen LogP contribution in [0.15, 0.2) is 24.4 Å². The Labute approximate surface area is 231 Å². The molecule has 0 unspecified atom stereocenters. The van der Waals surface area contributed by atoms with Gasteiger partial charge in [-0.05, 0) is 49.4 Å². The second-order valence-electron chi connectivity index (χ2n) is 11.7. The number of carbonyl (C=O) groups is 1. The number of benzene rings is 1. The molecule has 0 aliphatic heterocycles. The highest BCUT2D eigenvalue weighted by atomic mass is 16.1. The molecule has 0 aliphatic carbocycles. The van der Waals surface area contributed by atoms with E-state index in [1.807, 2.05) is 6.92 Å². The molecule has 1 aromatic rings. The third-order valence-electron chi connectivity index (χ3n) is 7.78. The highest BCUT2D eigenvalue weighted by molar-refractivity contribution is 5.81. The SMILES string of the molecule is C=C(C)NCc1cc(C)c(CC(=O)CCCCCCCCCCCCCCCCCCCCC)c(C)c1. The van der Waals surface area contributed by atoms with Crippen molar-refractivity contribution >= 4 is 5.78 Å². The zero-order valence-corrected chi connectivity index (χ0v) is 25.3. The summed E-state index contributed by atoms with van der Waals surface area (Å²) in [5.41, 5.74) is 5.93. The Hall–Kier alpha value is -1.57. The lowest BCUT2D eigenvalue weighted by Crippen LogP contribution is -2.11. The van der Waals surface area contributed by atoms with E-state index in [2.05, 4.69) is 44.8 Å². The van der Waals surface area contributed by atoms with E-state index in [0.717, 1.165) is 25.1 Å². The number of aryl methyl sites for hydroxylation is 2. The first-order valence-corrected chi connectivity index (χ1v) is 15.9. The molecular weight excluding hydrogens is 450 g/mol. The lowest BCUT2D eigenvalue weighted by atomic mass is 9.94. The first-order valence-electron chi connectivity index (χ1n) is 15.9. The van der Waals surface area contributed by atoms with Crippen LogP contribution in [0.3, 0.4) is 0 Å². The van der Waals surface area contributed by atoms with Crippen LogP contribution < -0.4 is 5.32 Å². The summed E-state index contributed by atoms with van der Waals surface area (Å²) in [6.07, 6.45) is 27.6. The van der Waals surface area contributed by atoms with Crippen molar-refractivity contribution in [3.8, 4) is 0 Å². The molecule has 2 nitrogen and oxygen atoms in total. The summed E-state index contributed by atoms with van der Waals surface area (Å²) in [5.74, 6) is 0.394. The quantitative estimate of drug-likeness (QED) is 0.132. The van der Waals surface area contributed by atoms with Gasteiger partial charge in [0.1, 0.15) is 5.78 Å². The first-order chi connectivity index (χ1) is 17.9. The van der Waals surface area contributed by atoms with Gasteiger partial charge in [-0.3, -0.25) is 4.79 Å². The molecule has 1 aromatic carbocycles. The van der Waals surface area contributed by atoms with Crippen molar-refractivity contribution in [2.24, 2.45) is 0 Å². The minimum absolute atomic E-state index is 0.394. The van der Waals surface area contributed by atoms with Gasteiger partial charge in [-0.15, -0.1) is 0 Å². The molecule has 0 heterocycles. The third kappa shape index (κ3) is 18.3. The second-order valence-corrected chi connectivity index (χ2v) is 11.7. The summed E-state index contributed by atoms with van der Waals surface area (Å²) in [4.78, 5) is 12.6. The van der Waals surface area contributed by atoms with Crippen LogP contribution in [0, 0.1) is 13.8 Å². The average Bonchev–Trinajstić information content (AvgIpc) is 2.86. The Morgan fingerprint density at radius 3 is 1.43 bits per heavy atom. The van der Waals surface area contributed by atoms with Gasteiger partial charge in [-0.2, -0.15) is 0 Å². The first kappa shape index (κ1) is 33.5. The molecule has 37 heavy (non-hydrogen) atoms. The smallest absolute Gasteiger partial charge is 0.137 e. The van der Waals surface area contributed by atoms with Crippen LogP contribution in [0.5, 0.6) is 0 Å². The molecular formula is C35H61NO. The Kier molecular flexibility index (Phi) is 20.3. The van der Waals surface area contributed by atoms with Crippen LogP contribution in [0.1, 0.15) is 165 Å². The number of Topliss-reactive ketones (excluding diaryl/α,β-unsaturated/α-hetero) is 1. The van der Waals surface area contributed by atoms with E-state index in [9.17, 15) is 4.79 Å². The summed E-state index contributed by atoms with van der Waals surface area (Å²) < 4.78 is 0. The van der Waals surface area contributed by atoms with Crippen molar-refractivity contribution in [2.45, 2.75) is 169 Å². The fourth-order valence-corrected chi connectivity index (χ4v) is 5.40. The van der Waals surface area contributed by atoms with Crippen LogP contribution in [-0.4, -0.2) is 5.78 Å². The Morgan fingerprint density at radius 2 is 1.05 bits per heavy atom. The van der Waals surface area contributed by atoms with E-state index in [1.54, 1.807) is 0 Å². The maximum absolute atomic E-state index is 12.6. The molecule has 0 radical (unpaired) electrons. The predicted molar refractivity (Wildman–Crippen MR) is 164 cm³/mol. The molecule has 212 valence electrons. The van der Waals surface area contributed by atoms with Gasteiger partial charge in [0.25, 0.3) is 0 Å². The van der Waals surface area contributed by atoms with Crippen molar-refractivity contribution in [3.05, 3.63) is 46.7 Å². The van der Waals surface area contributed by atoms with Gasteiger partial charge in [0.15, 0.2) is 0 Å². The van der Waals surface area contributed by atoms with Crippen molar-refractivity contribution in [3.63, 3.8) is 0 Å². The minimum Gasteiger partial charge on any atom is -0.385 e. The van der Waals surface area contributed by atoms with Gasteiger partial charge in [0.2, 0.25) is 0 Å². The van der Waals surface area contributed by atoms with E-state index in [1.165, 1.54) is 138 Å². The number of hydrogen-bond acceptors (Lipinski definition) is 2. The molecule has 1 rings (SSSR count). The normalized spacial score (nSPS) is 11.1. The summed E-state index contributed by atoms with van der Waals surface area (Å²) in [5, 5.41) is 3.29. The monoisotopic (exact) mass is 511 g/mol. The fourth-order valence-electron chi connectivity index (χ4n) is 5.40. The molecule has 0 saturated carbocycles. The number of rotatable bonds is 25. The Morgan fingerprint density at radius 1 is 0.676 bits per heavy atom. The van der Waals surface area contributed by atoms with E-state index < -0.39 is 0 Å². The molecule has 0 atom stereocenters. The van der Waals surface area contributed by atoms with E-state index >= 15 is 0 Å². The predicted octanol–water partition coefficient (Wildman–Crippen LogP) is 10.9. The Balaban J connectivity index is 1.95. The summed E-state index contributed by atoms with van der Waals surface area (Å²) >= 11 is 0. The third-order valence-corrected chi connectivity index (χ3v) is 7.78. The zero-order valence-electron chi connectivity index (χ0n) is 25.3. The molecule has 0 saturated heterocycles. The van der Waals surface area contributed by atoms with Gasteiger partial charge in [0.05, 0.1) is 0 Å². The van der Waals surface area contributed by atoms with E-state index in [0.29, 0.717) is 12.2 Å². The molecule has 0 amide bonds. The maximum atomic E-state index is 12.6. The molecule has 2 heteroatoms. The topological polar surface area (TPSA) is 29.1 Å². The molecule has 0 aliphatic rings. The summed E-state index contributed by atoms with van der Waals surface area (Å²) in [6.45, 7) is 13.2. The fraction of sp³-hybridized carbons (Fsp3) is 0.743. The lowest BCUT2D eigenvalue weighted by Gasteiger charge is -2.13. The van der Waals surface area contributed by atoms with Crippen molar-refractivity contribution < 1.29 is 4.79 Å². The zero-order chi connectivity index (χ0) is 27.1. The van der Waals surface area contributed by atoms with Gasteiger partial charge >= 0.3 is 0 Å². The van der Waals surface area contributed by atoms with Gasteiger partial charge < -0.3 is 5.32 Å². The molecule has 0 spiro atoms. The van der Waals surface area contributed by atoms with E-state index in [-0.39, 0.29) is 0 Å². The highest BCUT2D eigenvalue weighted by Crippen LogP contribution is 2.20. The number of hydrogen-bond donors (Lipinski definition) is 1. The highest BCUT2D eigenvalue weighted by Gasteiger charge is 2.10. The average molecular weight is 512 g/mol. The second kappa shape index (κ2) is 22.4. The molecule has 0 aromatic heterocycles. The summed E-state index contributed by atoms with van der Waals surface area (Å²) in [6, 6.07) is 4.42. The molecule has 0 fully saturated rings. The van der Waals surface area contributed by atoms with Gasteiger partial charge in [-0.1, -0.05) is 141 Å². The minimum atomic E-state index is 0.394. The number of carbonyl (C=O) groups excluding carboxylic acids is 1. The lowest BCUT2D eigenvalue weighted by molar-refractivity contribution is -0.118.